The number of hydrogen-bond acceptors (Lipinski definition) is 3. The highest BCUT2D eigenvalue weighted by Gasteiger charge is 2.33. The first-order valence-corrected chi connectivity index (χ1v) is 7.66. The van der Waals surface area contributed by atoms with Gasteiger partial charge in [0.1, 0.15) is 0 Å². The van der Waals surface area contributed by atoms with Gasteiger partial charge in [-0.1, -0.05) is 30.3 Å². The fraction of sp³-hybridized carbons (Fsp3) is 0.588. The van der Waals surface area contributed by atoms with E-state index in [2.05, 4.69) is 5.32 Å². The Morgan fingerprint density at radius 3 is 2.62 bits per heavy atom. The summed E-state index contributed by atoms with van der Waals surface area (Å²) >= 11 is 0. The zero-order valence-corrected chi connectivity index (χ0v) is 12.8. The average molecular weight is 291 g/mol. The van der Waals surface area contributed by atoms with Gasteiger partial charge in [-0.2, -0.15) is 0 Å². The van der Waals surface area contributed by atoms with E-state index < -0.39 is 5.54 Å². The number of nitrogens with one attached hydrogen (secondary N) is 1. The molecule has 1 aliphatic rings. The average Bonchev–Trinajstić information content (AvgIpc) is 2.46. The van der Waals surface area contributed by atoms with Crippen LogP contribution in [0.1, 0.15) is 38.7 Å². The Bertz CT molecular complexity index is 456. The van der Waals surface area contributed by atoms with Crippen LogP contribution < -0.4 is 5.32 Å². The molecule has 1 unspecified atom stereocenters. The van der Waals surface area contributed by atoms with E-state index in [1.54, 1.807) is 0 Å². The van der Waals surface area contributed by atoms with Crippen molar-refractivity contribution in [3.63, 3.8) is 0 Å². The highest BCUT2D eigenvalue weighted by Crippen LogP contribution is 2.33. The molecule has 0 aliphatic heterocycles. The van der Waals surface area contributed by atoms with Crippen molar-refractivity contribution in [1.82, 2.24) is 5.32 Å². The predicted molar refractivity (Wildman–Crippen MR) is 81.8 cm³/mol. The van der Waals surface area contributed by atoms with E-state index >= 15 is 0 Å². The molecule has 0 radical (unpaired) electrons. The van der Waals surface area contributed by atoms with E-state index in [4.69, 9.17) is 4.74 Å². The van der Waals surface area contributed by atoms with Crippen molar-refractivity contribution >= 4 is 5.91 Å². The smallest absolute Gasteiger partial charge is 0.221 e. The summed E-state index contributed by atoms with van der Waals surface area (Å²) in [5.74, 6) is 0.399. The summed E-state index contributed by atoms with van der Waals surface area (Å²) < 4.78 is 5.51. The molecule has 0 bridgehead atoms. The van der Waals surface area contributed by atoms with Crippen LogP contribution in [0.3, 0.4) is 0 Å². The van der Waals surface area contributed by atoms with Crippen molar-refractivity contribution < 1.29 is 14.6 Å². The molecule has 1 amide bonds. The highest BCUT2D eigenvalue weighted by atomic mass is 16.5. The fourth-order valence-electron chi connectivity index (χ4n) is 2.84. The van der Waals surface area contributed by atoms with Gasteiger partial charge in [0.25, 0.3) is 0 Å². The number of carbonyl (C=O) groups excluding carboxylic acids is 1. The first-order chi connectivity index (χ1) is 10.1. The number of aliphatic hydroxyl groups is 1. The molecule has 1 aromatic rings. The molecular weight excluding hydrogens is 266 g/mol. The molecule has 21 heavy (non-hydrogen) atoms. The Labute approximate surface area is 126 Å². The van der Waals surface area contributed by atoms with Crippen LogP contribution in [0.5, 0.6) is 0 Å². The van der Waals surface area contributed by atoms with Crippen LogP contribution in [0.4, 0.5) is 0 Å². The van der Waals surface area contributed by atoms with Crippen LogP contribution in [-0.4, -0.2) is 30.3 Å². The zero-order valence-electron chi connectivity index (χ0n) is 12.8. The third-order valence-electron chi connectivity index (χ3n) is 4.21. The Balaban J connectivity index is 1.86. The van der Waals surface area contributed by atoms with Crippen LogP contribution in [0, 0.1) is 5.92 Å². The maximum Gasteiger partial charge on any atom is 0.221 e. The SMILES string of the molecule is CCOC1CC(CC(=O)NC(C)(CO)c2ccccc2)C1. The van der Waals surface area contributed by atoms with E-state index in [0.29, 0.717) is 18.4 Å². The van der Waals surface area contributed by atoms with Gasteiger partial charge in [0.15, 0.2) is 0 Å². The summed E-state index contributed by atoms with van der Waals surface area (Å²) in [5.41, 5.74) is 0.197. The second-order valence-corrected chi connectivity index (χ2v) is 6.02. The summed E-state index contributed by atoms with van der Waals surface area (Å²) in [6, 6.07) is 9.59. The molecule has 116 valence electrons. The topological polar surface area (TPSA) is 58.6 Å². The minimum absolute atomic E-state index is 0.00430. The van der Waals surface area contributed by atoms with Crippen molar-refractivity contribution in [3.8, 4) is 0 Å². The number of aliphatic hydroxyl groups excluding tert-OH is 1. The van der Waals surface area contributed by atoms with Gasteiger partial charge in [-0.3, -0.25) is 4.79 Å². The van der Waals surface area contributed by atoms with Crippen LogP contribution in [0.25, 0.3) is 0 Å². The lowest BCUT2D eigenvalue weighted by atomic mass is 9.79. The number of carbonyl (C=O) groups is 1. The van der Waals surface area contributed by atoms with Crippen molar-refractivity contribution in [2.75, 3.05) is 13.2 Å². The Hall–Kier alpha value is -1.39. The van der Waals surface area contributed by atoms with E-state index in [1.165, 1.54) is 0 Å². The molecule has 1 aliphatic carbocycles. The number of benzene rings is 1. The summed E-state index contributed by atoms with van der Waals surface area (Å²) in [6.45, 7) is 4.46. The maximum absolute atomic E-state index is 12.2. The minimum atomic E-state index is -0.721. The summed E-state index contributed by atoms with van der Waals surface area (Å²) in [6.07, 6.45) is 2.75. The van der Waals surface area contributed by atoms with Crippen molar-refractivity contribution in [2.24, 2.45) is 5.92 Å². The third-order valence-corrected chi connectivity index (χ3v) is 4.21. The van der Waals surface area contributed by atoms with Gasteiger partial charge < -0.3 is 15.2 Å². The van der Waals surface area contributed by atoms with Gasteiger partial charge in [0.2, 0.25) is 5.91 Å². The van der Waals surface area contributed by atoms with Crippen LogP contribution in [0.15, 0.2) is 30.3 Å². The molecule has 0 spiro atoms. The molecule has 1 fully saturated rings. The molecule has 1 aromatic carbocycles. The van der Waals surface area contributed by atoms with Gasteiger partial charge in [-0.25, -0.2) is 0 Å². The normalized spacial score (nSPS) is 24.0. The number of hydrogen-bond donors (Lipinski definition) is 2. The predicted octanol–water partition coefficient (Wildman–Crippen LogP) is 2.22. The number of ether oxygens (including phenoxy) is 1. The molecular formula is C17H25NO3. The largest absolute Gasteiger partial charge is 0.394 e. The molecule has 4 nitrogen and oxygen atoms in total. The van der Waals surface area contributed by atoms with Crippen LogP contribution in [0.2, 0.25) is 0 Å². The Morgan fingerprint density at radius 1 is 1.38 bits per heavy atom. The van der Waals surface area contributed by atoms with Crippen molar-refractivity contribution in [1.29, 1.82) is 0 Å². The van der Waals surface area contributed by atoms with Gasteiger partial charge >= 0.3 is 0 Å². The van der Waals surface area contributed by atoms with Crippen LogP contribution >= 0.6 is 0 Å². The zero-order chi connectivity index (χ0) is 15.3. The quantitative estimate of drug-likeness (QED) is 0.810. The Kier molecular flexibility index (Phi) is 5.37. The molecule has 2 rings (SSSR count). The lowest BCUT2D eigenvalue weighted by Gasteiger charge is -2.36. The number of amides is 1. The van der Waals surface area contributed by atoms with Crippen molar-refractivity contribution in [3.05, 3.63) is 35.9 Å². The van der Waals surface area contributed by atoms with Crippen LogP contribution in [-0.2, 0) is 15.1 Å². The molecule has 0 saturated heterocycles. The maximum atomic E-state index is 12.2. The van der Waals surface area contributed by atoms with E-state index in [0.717, 1.165) is 25.0 Å². The lowest BCUT2D eigenvalue weighted by molar-refractivity contribution is -0.126. The summed E-state index contributed by atoms with van der Waals surface area (Å²) in [4.78, 5) is 12.2. The fourth-order valence-corrected chi connectivity index (χ4v) is 2.84. The summed E-state index contributed by atoms with van der Waals surface area (Å²) in [5, 5.41) is 12.6. The molecule has 1 atom stereocenters. The molecule has 1 saturated carbocycles. The van der Waals surface area contributed by atoms with E-state index in [9.17, 15) is 9.90 Å². The highest BCUT2D eigenvalue weighted by molar-refractivity contribution is 5.77. The summed E-state index contributed by atoms with van der Waals surface area (Å²) in [7, 11) is 0. The molecule has 4 heteroatoms. The van der Waals surface area contributed by atoms with E-state index in [-0.39, 0.29) is 12.5 Å². The monoisotopic (exact) mass is 291 g/mol. The third kappa shape index (κ3) is 4.05. The second-order valence-electron chi connectivity index (χ2n) is 6.02. The minimum Gasteiger partial charge on any atom is -0.394 e. The van der Waals surface area contributed by atoms with Gasteiger partial charge in [0, 0.05) is 13.0 Å². The number of rotatable bonds is 7. The molecule has 0 aromatic heterocycles. The first-order valence-electron chi connectivity index (χ1n) is 7.66. The lowest BCUT2D eigenvalue weighted by Crippen LogP contribution is -2.47. The van der Waals surface area contributed by atoms with Gasteiger partial charge in [0.05, 0.1) is 18.2 Å². The van der Waals surface area contributed by atoms with Gasteiger partial charge in [-0.15, -0.1) is 0 Å². The first kappa shape index (κ1) is 16.0. The van der Waals surface area contributed by atoms with E-state index in [1.807, 2.05) is 44.2 Å². The second kappa shape index (κ2) is 7.05. The van der Waals surface area contributed by atoms with Gasteiger partial charge in [-0.05, 0) is 38.2 Å². The molecule has 0 heterocycles. The van der Waals surface area contributed by atoms with Crippen molar-refractivity contribution in [2.45, 2.75) is 44.8 Å². The molecule has 2 N–H and O–H groups in total. The standard InChI is InChI=1S/C17H25NO3/c1-3-21-15-9-13(10-15)11-16(20)18-17(2,12-19)14-7-5-4-6-8-14/h4-8,13,15,19H,3,9-12H2,1-2H3,(H,18,20). The Morgan fingerprint density at radius 2 is 2.05 bits per heavy atom.